The number of terminal acetylenes is 1. The molecule has 1 aromatic rings. The Morgan fingerprint density at radius 2 is 2.05 bits per heavy atom. The Morgan fingerprint density at radius 3 is 2.63 bits per heavy atom. The van der Waals surface area contributed by atoms with E-state index in [2.05, 4.69) is 11.2 Å². The molecule has 0 unspecified atom stereocenters. The van der Waals surface area contributed by atoms with Gasteiger partial charge in [0.15, 0.2) is 0 Å². The van der Waals surface area contributed by atoms with Crippen LogP contribution in [0.1, 0.15) is 18.4 Å². The molecule has 0 radical (unpaired) electrons. The minimum absolute atomic E-state index is 0.131. The van der Waals surface area contributed by atoms with Gasteiger partial charge in [0.25, 0.3) is 0 Å². The van der Waals surface area contributed by atoms with Crippen LogP contribution in [-0.2, 0) is 10.4 Å². The molecule has 0 atom stereocenters. The zero-order valence-electron chi connectivity index (χ0n) is 10.3. The second-order valence-electron chi connectivity index (χ2n) is 4.48. The Kier molecular flexibility index (Phi) is 4.08. The molecular weight excluding hydrogens is 267 g/mol. The van der Waals surface area contributed by atoms with Crippen LogP contribution in [0.3, 0.4) is 0 Å². The summed E-state index contributed by atoms with van der Waals surface area (Å²) in [7, 11) is -4.55. The average Bonchev–Trinajstić information content (AvgIpc) is 2.38. The minimum Gasteiger partial charge on any atom is -0.382 e. The Hall–Kier alpha value is -1.58. The average molecular weight is 282 g/mol. The van der Waals surface area contributed by atoms with Crippen LogP contribution in [0.5, 0.6) is 0 Å². The van der Waals surface area contributed by atoms with E-state index in [-0.39, 0.29) is 19.1 Å². The first-order valence-corrected chi connectivity index (χ1v) is 7.36. The predicted molar refractivity (Wildman–Crippen MR) is 72.6 cm³/mol. The topological polar surface area (TPSA) is 49.4 Å². The fourth-order valence-electron chi connectivity index (χ4n) is 2.15. The van der Waals surface area contributed by atoms with Gasteiger partial charge in [-0.05, 0) is 31.0 Å². The normalized spacial score (nSPS) is 17.9. The number of hydrogen-bond acceptors (Lipinski definition) is 3. The summed E-state index contributed by atoms with van der Waals surface area (Å²) in [6.45, 7) is 0.399. The maximum absolute atomic E-state index is 12.8. The fourth-order valence-corrected chi connectivity index (χ4v) is 2.80. The molecule has 1 aliphatic rings. The Bertz CT molecular complexity index is 587. The zero-order valence-corrected chi connectivity index (χ0v) is 11.2. The van der Waals surface area contributed by atoms with Crippen molar-refractivity contribution in [2.75, 3.05) is 18.4 Å². The van der Waals surface area contributed by atoms with Gasteiger partial charge in [-0.3, -0.25) is 0 Å². The summed E-state index contributed by atoms with van der Waals surface area (Å²) in [4.78, 5) is 0. The van der Waals surface area contributed by atoms with Crippen molar-refractivity contribution in [2.45, 2.75) is 18.9 Å². The Balaban J connectivity index is 1.94. The van der Waals surface area contributed by atoms with Gasteiger partial charge in [-0.2, -0.15) is 12.7 Å². The van der Waals surface area contributed by atoms with E-state index in [1.165, 1.54) is 0 Å². The standard InChI is InChI=1S/C13H15FN2O2S/c1-2-11-4-3-5-13(10-11)15-12-6-8-16(9-7-12)19(14,17)18/h1,3-5,10,12,15H,6-9H2. The number of piperidine rings is 1. The van der Waals surface area contributed by atoms with Crippen LogP contribution in [0, 0.1) is 12.3 Å². The molecule has 1 saturated heterocycles. The van der Waals surface area contributed by atoms with Crippen molar-refractivity contribution in [3.05, 3.63) is 29.8 Å². The number of rotatable bonds is 3. The third kappa shape index (κ3) is 3.69. The van der Waals surface area contributed by atoms with Crippen molar-refractivity contribution in [1.29, 1.82) is 0 Å². The van der Waals surface area contributed by atoms with Crippen molar-refractivity contribution in [2.24, 2.45) is 0 Å². The molecular formula is C13H15FN2O2S. The molecule has 1 aliphatic heterocycles. The van der Waals surface area contributed by atoms with E-state index in [0.717, 1.165) is 15.6 Å². The number of benzene rings is 1. The van der Waals surface area contributed by atoms with E-state index in [9.17, 15) is 12.3 Å². The highest BCUT2D eigenvalue weighted by atomic mass is 32.3. The number of anilines is 1. The molecule has 1 aromatic carbocycles. The van der Waals surface area contributed by atoms with E-state index in [1.54, 1.807) is 0 Å². The van der Waals surface area contributed by atoms with Crippen LogP contribution in [0.2, 0.25) is 0 Å². The van der Waals surface area contributed by atoms with Gasteiger partial charge in [-0.15, -0.1) is 6.42 Å². The van der Waals surface area contributed by atoms with E-state index in [4.69, 9.17) is 6.42 Å². The van der Waals surface area contributed by atoms with Crippen molar-refractivity contribution in [1.82, 2.24) is 4.31 Å². The van der Waals surface area contributed by atoms with E-state index >= 15 is 0 Å². The summed E-state index contributed by atoms with van der Waals surface area (Å²) < 4.78 is 35.2. The molecule has 0 saturated carbocycles. The van der Waals surface area contributed by atoms with Gasteiger partial charge in [0.2, 0.25) is 0 Å². The van der Waals surface area contributed by atoms with Crippen molar-refractivity contribution in [3.8, 4) is 12.3 Å². The summed E-state index contributed by atoms with van der Waals surface area (Å²) in [6, 6.07) is 7.59. The quantitative estimate of drug-likeness (QED) is 0.679. The lowest BCUT2D eigenvalue weighted by Gasteiger charge is -2.29. The predicted octanol–water partition coefficient (Wildman–Crippen LogP) is 1.76. The van der Waals surface area contributed by atoms with Crippen LogP contribution in [-0.4, -0.2) is 31.9 Å². The molecule has 1 N–H and O–H groups in total. The maximum Gasteiger partial charge on any atom is 0.374 e. The van der Waals surface area contributed by atoms with Crippen molar-refractivity contribution < 1.29 is 12.3 Å². The van der Waals surface area contributed by atoms with Crippen molar-refractivity contribution in [3.63, 3.8) is 0 Å². The lowest BCUT2D eigenvalue weighted by molar-refractivity contribution is 0.315. The second kappa shape index (κ2) is 5.59. The molecule has 0 spiro atoms. The van der Waals surface area contributed by atoms with Crippen LogP contribution in [0.4, 0.5) is 9.57 Å². The highest BCUT2D eigenvalue weighted by Crippen LogP contribution is 2.19. The lowest BCUT2D eigenvalue weighted by Crippen LogP contribution is -2.40. The molecule has 2 rings (SSSR count). The fraction of sp³-hybridized carbons (Fsp3) is 0.385. The summed E-state index contributed by atoms with van der Waals surface area (Å²) in [5.41, 5.74) is 1.69. The van der Waals surface area contributed by atoms with Gasteiger partial charge in [-0.25, -0.2) is 0 Å². The SMILES string of the molecule is C#Cc1cccc(NC2CCN(S(=O)(=O)F)CC2)c1. The molecule has 1 heterocycles. The first-order valence-electron chi connectivity index (χ1n) is 6.02. The van der Waals surface area contributed by atoms with Crippen LogP contribution in [0.15, 0.2) is 24.3 Å². The number of hydrogen-bond donors (Lipinski definition) is 1. The van der Waals surface area contributed by atoms with Crippen LogP contribution < -0.4 is 5.32 Å². The maximum atomic E-state index is 12.8. The van der Waals surface area contributed by atoms with Gasteiger partial charge < -0.3 is 5.32 Å². The van der Waals surface area contributed by atoms with E-state index < -0.39 is 10.4 Å². The smallest absolute Gasteiger partial charge is 0.374 e. The third-order valence-electron chi connectivity index (χ3n) is 3.16. The number of nitrogens with one attached hydrogen (secondary N) is 1. The zero-order chi connectivity index (χ0) is 13.9. The molecule has 0 amide bonds. The molecule has 1 fully saturated rings. The van der Waals surface area contributed by atoms with Crippen LogP contribution >= 0.6 is 0 Å². The van der Waals surface area contributed by atoms with Gasteiger partial charge >= 0.3 is 10.4 Å². The van der Waals surface area contributed by atoms with Gasteiger partial charge in [0, 0.05) is 30.4 Å². The largest absolute Gasteiger partial charge is 0.382 e. The summed E-state index contributed by atoms with van der Waals surface area (Å²) >= 11 is 0. The molecule has 19 heavy (non-hydrogen) atoms. The highest BCUT2D eigenvalue weighted by molar-refractivity contribution is 7.83. The van der Waals surface area contributed by atoms with Gasteiger partial charge in [0.05, 0.1) is 0 Å². The number of halogens is 1. The lowest BCUT2D eigenvalue weighted by atomic mass is 10.1. The summed E-state index contributed by atoms with van der Waals surface area (Å²) in [5, 5.41) is 3.29. The first kappa shape index (κ1) is 13.8. The molecule has 0 aliphatic carbocycles. The number of nitrogens with zero attached hydrogens (tertiary/aromatic N) is 1. The summed E-state index contributed by atoms with van der Waals surface area (Å²) in [5.74, 6) is 2.55. The molecule has 0 aromatic heterocycles. The molecule has 4 nitrogen and oxygen atoms in total. The van der Waals surface area contributed by atoms with Crippen molar-refractivity contribution >= 4 is 16.1 Å². The minimum atomic E-state index is -4.55. The molecule has 0 bridgehead atoms. The first-order chi connectivity index (χ1) is 8.99. The highest BCUT2D eigenvalue weighted by Gasteiger charge is 2.27. The van der Waals surface area contributed by atoms with Gasteiger partial charge in [-0.1, -0.05) is 15.9 Å². The summed E-state index contributed by atoms with van der Waals surface area (Å²) in [6.07, 6.45) is 6.47. The monoisotopic (exact) mass is 282 g/mol. The Labute approximate surface area is 113 Å². The second-order valence-corrected chi connectivity index (χ2v) is 5.83. The molecule has 6 heteroatoms. The van der Waals surface area contributed by atoms with E-state index in [0.29, 0.717) is 12.8 Å². The van der Waals surface area contributed by atoms with E-state index in [1.807, 2.05) is 24.3 Å². The van der Waals surface area contributed by atoms with Gasteiger partial charge in [0.1, 0.15) is 0 Å². The third-order valence-corrected chi connectivity index (χ3v) is 4.14. The van der Waals surface area contributed by atoms with Crippen LogP contribution in [0.25, 0.3) is 0 Å². The Morgan fingerprint density at radius 1 is 1.37 bits per heavy atom. The molecule has 102 valence electrons.